The van der Waals surface area contributed by atoms with Crippen molar-refractivity contribution in [2.24, 2.45) is 5.92 Å². The van der Waals surface area contributed by atoms with Gasteiger partial charge in [0.2, 0.25) is 5.91 Å². The van der Waals surface area contributed by atoms with Gasteiger partial charge in [0.1, 0.15) is 5.75 Å². The van der Waals surface area contributed by atoms with Gasteiger partial charge in [-0.05, 0) is 18.1 Å². The highest BCUT2D eigenvalue weighted by atomic mass is 32.2. The number of anilines is 1. The lowest BCUT2D eigenvalue weighted by atomic mass is 10.1. The Kier molecular flexibility index (Phi) is 4.28. The van der Waals surface area contributed by atoms with E-state index in [0.29, 0.717) is 11.7 Å². The minimum absolute atomic E-state index is 0.0887. The van der Waals surface area contributed by atoms with Gasteiger partial charge in [0, 0.05) is 35.3 Å². The molecule has 1 saturated heterocycles. The zero-order valence-corrected chi connectivity index (χ0v) is 10.3. The lowest BCUT2D eigenvalue weighted by Crippen LogP contribution is -2.45. The summed E-state index contributed by atoms with van der Waals surface area (Å²) < 4.78 is 11.7. The van der Waals surface area contributed by atoms with Crippen LogP contribution in [0.1, 0.15) is 0 Å². The normalized spacial score (nSPS) is 17.2. The topological polar surface area (TPSA) is 58.2 Å². The zero-order chi connectivity index (χ0) is 12.1. The fourth-order valence-corrected chi connectivity index (χ4v) is 2.90. The molecule has 17 heavy (non-hydrogen) atoms. The molecule has 2 rings (SSSR count). The van der Waals surface area contributed by atoms with Crippen molar-refractivity contribution in [3.63, 3.8) is 0 Å². The first kappa shape index (κ1) is 12.3. The average Bonchev–Trinajstić information content (AvgIpc) is 2.25. The van der Waals surface area contributed by atoms with Crippen LogP contribution in [0.4, 0.5) is 5.69 Å². The maximum atomic E-state index is 11.7. The molecular weight excluding hydrogens is 236 g/mol. The number of hydrogen-bond acceptors (Lipinski definition) is 3. The molecule has 0 spiro atoms. The highest BCUT2D eigenvalue weighted by Gasteiger charge is 2.20. The maximum Gasteiger partial charge on any atom is 0.236 e. The van der Waals surface area contributed by atoms with E-state index in [9.17, 15) is 9.00 Å². The predicted molar refractivity (Wildman–Crippen MR) is 69.3 cm³/mol. The predicted octanol–water partition coefficient (Wildman–Crippen LogP) is 0.593. The van der Waals surface area contributed by atoms with Gasteiger partial charge in [-0.3, -0.25) is 9.00 Å². The monoisotopic (exact) mass is 252 g/mol. The number of nitrogens with one attached hydrogen (secondary N) is 2. The Morgan fingerprint density at radius 3 is 2.65 bits per heavy atom. The van der Waals surface area contributed by atoms with Gasteiger partial charge in [0.25, 0.3) is 0 Å². The summed E-state index contributed by atoms with van der Waals surface area (Å²) in [6, 6.07) is 9.23. The molecule has 1 amide bonds. The largest absolute Gasteiger partial charge is 0.325 e. The van der Waals surface area contributed by atoms with E-state index in [2.05, 4.69) is 10.6 Å². The lowest BCUT2D eigenvalue weighted by Gasteiger charge is -2.26. The molecule has 0 aromatic heterocycles. The summed E-state index contributed by atoms with van der Waals surface area (Å²) in [6.07, 6.45) is 0. The van der Waals surface area contributed by atoms with Gasteiger partial charge >= 0.3 is 0 Å². The van der Waals surface area contributed by atoms with Crippen LogP contribution >= 0.6 is 0 Å². The second-order valence-electron chi connectivity index (χ2n) is 4.19. The van der Waals surface area contributed by atoms with Gasteiger partial charge < -0.3 is 10.6 Å². The molecule has 0 radical (unpaired) electrons. The van der Waals surface area contributed by atoms with Crippen LogP contribution in [0.5, 0.6) is 0 Å². The summed E-state index contributed by atoms with van der Waals surface area (Å²) in [6.45, 7) is 1.85. The van der Waals surface area contributed by atoms with E-state index in [1.54, 1.807) is 0 Å². The van der Waals surface area contributed by atoms with E-state index >= 15 is 0 Å². The molecule has 92 valence electrons. The zero-order valence-electron chi connectivity index (χ0n) is 9.52. The molecule has 0 aliphatic carbocycles. The molecule has 2 N–H and O–H groups in total. The molecular formula is C12H16N2O2S. The standard InChI is InChI=1S/C12H16N2O2S/c15-12(14-11-4-2-1-3-5-11)9-17(16)8-10-6-13-7-10/h1-5,10,13H,6-9H2,(H,14,15). The van der Waals surface area contributed by atoms with Gasteiger partial charge in [-0.15, -0.1) is 0 Å². The van der Waals surface area contributed by atoms with Crippen LogP contribution in [-0.4, -0.2) is 34.7 Å². The third-order valence-corrected chi connectivity index (χ3v) is 4.06. The number of amides is 1. The van der Waals surface area contributed by atoms with Crippen molar-refractivity contribution >= 4 is 22.4 Å². The third-order valence-electron chi connectivity index (χ3n) is 2.64. The van der Waals surface area contributed by atoms with E-state index in [0.717, 1.165) is 18.8 Å². The Hall–Kier alpha value is -1.20. The second-order valence-corrected chi connectivity index (χ2v) is 5.69. The summed E-state index contributed by atoms with van der Waals surface area (Å²) in [5.74, 6) is 1.00. The second kappa shape index (κ2) is 5.93. The van der Waals surface area contributed by atoms with E-state index < -0.39 is 10.8 Å². The van der Waals surface area contributed by atoms with Crippen LogP contribution in [0.2, 0.25) is 0 Å². The van der Waals surface area contributed by atoms with Crippen LogP contribution in [0.3, 0.4) is 0 Å². The Labute approximate surface area is 103 Å². The smallest absolute Gasteiger partial charge is 0.236 e. The van der Waals surface area contributed by atoms with Crippen LogP contribution in [0.15, 0.2) is 30.3 Å². The van der Waals surface area contributed by atoms with Crippen LogP contribution in [0, 0.1) is 5.92 Å². The third kappa shape index (κ3) is 3.94. The molecule has 1 aliphatic rings. The van der Waals surface area contributed by atoms with Crippen molar-refractivity contribution in [3.8, 4) is 0 Å². The van der Waals surface area contributed by atoms with Crippen LogP contribution in [-0.2, 0) is 15.6 Å². The fourth-order valence-electron chi connectivity index (χ4n) is 1.65. The van der Waals surface area contributed by atoms with Gasteiger partial charge in [-0.1, -0.05) is 18.2 Å². The van der Waals surface area contributed by atoms with E-state index in [-0.39, 0.29) is 11.7 Å². The van der Waals surface area contributed by atoms with E-state index in [4.69, 9.17) is 0 Å². The Balaban J connectivity index is 1.75. The first-order valence-corrected chi connectivity index (χ1v) is 7.13. The Morgan fingerprint density at radius 2 is 2.06 bits per heavy atom. The molecule has 1 aromatic rings. The minimum atomic E-state index is -1.05. The van der Waals surface area contributed by atoms with E-state index in [1.165, 1.54) is 0 Å². The van der Waals surface area contributed by atoms with Gasteiger partial charge in [-0.2, -0.15) is 0 Å². The van der Waals surface area contributed by atoms with Crippen molar-refractivity contribution in [2.75, 3.05) is 29.9 Å². The highest BCUT2D eigenvalue weighted by Crippen LogP contribution is 2.07. The number of benzene rings is 1. The number of para-hydroxylation sites is 1. The lowest BCUT2D eigenvalue weighted by molar-refractivity contribution is -0.113. The fraction of sp³-hybridized carbons (Fsp3) is 0.417. The first-order valence-electron chi connectivity index (χ1n) is 5.64. The van der Waals surface area contributed by atoms with Crippen molar-refractivity contribution in [1.29, 1.82) is 0 Å². The number of hydrogen-bond donors (Lipinski definition) is 2. The van der Waals surface area contributed by atoms with Crippen molar-refractivity contribution in [1.82, 2.24) is 5.32 Å². The number of carbonyl (C=O) groups excluding carboxylic acids is 1. The average molecular weight is 252 g/mol. The summed E-state index contributed by atoms with van der Waals surface area (Å²) >= 11 is 0. The van der Waals surface area contributed by atoms with Crippen LogP contribution < -0.4 is 10.6 Å². The summed E-state index contributed by atoms with van der Waals surface area (Å²) in [5.41, 5.74) is 0.750. The van der Waals surface area contributed by atoms with Crippen molar-refractivity contribution in [2.45, 2.75) is 0 Å². The van der Waals surface area contributed by atoms with Crippen molar-refractivity contribution < 1.29 is 9.00 Å². The SMILES string of the molecule is O=C(CS(=O)CC1CNC1)Nc1ccccc1. The van der Waals surface area contributed by atoms with Crippen LogP contribution in [0.25, 0.3) is 0 Å². The summed E-state index contributed by atoms with van der Waals surface area (Å²) in [7, 11) is -1.05. The van der Waals surface area contributed by atoms with Crippen molar-refractivity contribution in [3.05, 3.63) is 30.3 Å². The molecule has 0 bridgehead atoms. The molecule has 1 aromatic carbocycles. The summed E-state index contributed by atoms with van der Waals surface area (Å²) in [5, 5.41) is 5.86. The first-order chi connectivity index (χ1) is 8.24. The van der Waals surface area contributed by atoms with E-state index in [1.807, 2.05) is 30.3 Å². The Morgan fingerprint density at radius 1 is 1.35 bits per heavy atom. The molecule has 0 saturated carbocycles. The number of carbonyl (C=O) groups is 1. The molecule has 1 fully saturated rings. The molecule has 1 atom stereocenters. The van der Waals surface area contributed by atoms with Gasteiger partial charge in [0.05, 0.1) is 0 Å². The molecule has 1 aliphatic heterocycles. The van der Waals surface area contributed by atoms with Gasteiger partial charge in [-0.25, -0.2) is 0 Å². The Bertz CT molecular complexity index is 404. The quantitative estimate of drug-likeness (QED) is 0.806. The van der Waals surface area contributed by atoms with Gasteiger partial charge in [0.15, 0.2) is 0 Å². The molecule has 1 heterocycles. The highest BCUT2D eigenvalue weighted by molar-refractivity contribution is 7.85. The molecule has 1 unspecified atom stereocenters. The minimum Gasteiger partial charge on any atom is -0.325 e. The number of rotatable bonds is 5. The maximum absolute atomic E-state index is 11.7. The molecule has 5 heteroatoms. The molecule has 4 nitrogen and oxygen atoms in total. The summed E-state index contributed by atoms with van der Waals surface area (Å²) in [4.78, 5) is 11.6.